The Morgan fingerprint density at radius 2 is 0.927 bits per heavy atom. The Morgan fingerprint density at radius 3 is 1.24 bits per heavy atom. The predicted octanol–water partition coefficient (Wildman–Crippen LogP) is 12.5. The molecule has 0 unspecified atom stereocenters. The van der Waals surface area contributed by atoms with Gasteiger partial charge in [-0.2, -0.15) is 0 Å². The van der Waals surface area contributed by atoms with Crippen molar-refractivity contribution in [3.05, 3.63) is 126 Å². The molecule has 2 aliphatic rings. The number of fused-ring (bicyclic) bond motifs is 3. The molecule has 7 rings (SSSR count). The van der Waals surface area contributed by atoms with Gasteiger partial charge in [-0.3, -0.25) is 27.2 Å². The highest BCUT2D eigenvalue weighted by Gasteiger charge is 2.35. The molecule has 55 heavy (non-hydrogen) atoms. The number of hydrogen-bond acceptors (Lipinski definition) is 3. The Balaban J connectivity index is 1.65. The molecule has 5 nitrogen and oxygen atoms in total. The van der Waals surface area contributed by atoms with Crippen molar-refractivity contribution in [1.29, 1.82) is 0 Å². The first-order valence-corrected chi connectivity index (χ1v) is 18.9. The quantitative estimate of drug-likeness (QED) is 0.115. The number of allylic oxidation sites excluding steroid dienone is 4. The first-order chi connectivity index (χ1) is 26.1. The van der Waals surface area contributed by atoms with E-state index < -0.39 is 14.8 Å². The maximum atomic E-state index is 15.2. The highest BCUT2D eigenvalue weighted by atomic mass is 19.2. The molecule has 0 saturated carbocycles. The Hall–Kier alpha value is -5.05. The smallest absolute Gasteiger partial charge is 0.455 e. The Morgan fingerprint density at radius 1 is 0.564 bits per heavy atom. The first kappa shape index (κ1) is 38.2. The molecule has 5 heterocycles. The van der Waals surface area contributed by atoms with Gasteiger partial charge < -0.3 is 13.4 Å². The van der Waals surface area contributed by atoms with Gasteiger partial charge in [0.05, 0.1) is 11.4 Å². The van der Waals surface area contributed by atoms with Crippen molar-refractivity contribution in [2.24, 2.45) is 9.98 Å². The summed E-state index contributed by atoms with van der Waals surface area (Å²) in [5, 5.41) is 1.55. The Labute approximate surface area is 321 Å². The molecule has 2 aliphatic heterocycles. The van der Waals surface area contributed by atoms with Gasteiger partial charge in [0.2, 0.25) is 0 Å². The normalized spacial score (nSPS) is 16.7. The van der Waals surface area contributed by atoms with Crippen LogP contribution in [-0.4, -0.2) is 35.2 Å². The van der Waals surface area contributed by atoms with Crippen LogP contribution in [0.2, 0.25) is 0 Å². The van der Waals surface area contributed by atoms with Crippen molar-refractivity contribution < 1.29 is 21.7 Å². The number of furan rings is 1. The van der Waals surface area contributed by atoms with E-state index in [1.54, 1.807) is 13.8 Å². The summed E-state index contributed by atoms with van der Waals surface area (Å²) >= 11 is 0. The number of halogens is 4. The van der Waals surface area contributed by atoms with E-state index in [-0.39, 0.29) is 0 Å². The molecule has 0 spiro atoms. The number of aliphatic imine (C=N–C) groups is 2. The third kappa shape index (κ3) is 5.59. The van der Waals surface area contributed by atoms with E-state index in [9.17, 15) is 0 Å². The molecule has 0 atom stereocenters. The van der Waals surface area contributed by atoms with Crippen LogP contribution in [0.1, 0.15) is 111 Å². The molecule has 2 aromatic carbocycles. The number of rotatable bonds is 8. The van der Waals surface area contributed by atoms with Gasteiger partial charge in [-0.05, 0) is 127 Å². The van der Waals surface area contributed by atoms with Crippen LogP contribution in [0.25, 0.3) is 33.1 Å². The second kappa shape index (κ2) is 13.9. The minimum absolute atomic E-state index is 0.393. The maximum absolute atomic E-state index is 15.2. The predicted molar refractivity (Wildman–Crippen MR) is 222 cm³/mol. The van der Waals surface area contributed by atoms with Gasteiger partial charge >= 0.3 is 14.8 Å². The zero-order valence-electron chi connectivity index (χ0n) is 33.7. The third-order valence-corrected chi connectivity index (χ3v) is 12.3. The van der Waals surface area contributed by atoms with E-state index in [4.69, 9.17) is 14.4 Å². The van der Waals surface area contributed by atoms with Crippen LogP contribution in [-0.2, 0) is 0 Å². The van der Waals surface area contributed by atoms with Crippen molar-refractivity contribution in [3.8, 4) is 0 Å². The van der Waals surface area contributed by atoms with Crippen molar-refractivity contribution in [3.63, 3.8) is 0 Å². The molecule has 0 aliphatic carbocycles. The summed E-state index contributed by atoms with van der Waals surface area (Å²) in [6.07, 6.45) is 1.49. The molecule has 0 bridgehead atoms. The summed E-state index contributed by atoms with van der Waals surface area (Å²) in [4.78, 5) is 10.1. The standard InChI is InChI=1S/C44H46B2F4N4O/c1-13-31-25(7)39(51-27(31)9)37(41-23(5)21(3)29(11)53(41)45(47)48)35-19-15-17-33-34-18-16-20-36(44(34)55-43(33)35)38(40-26(8)32(14-2)28(10)52-40)42-24(6)22(4)30(12)54(42)46(49)50/h15-20H,13-14H2,1-12H3/b39-37+,40-38+. The van der Waals surface area contributed by atoms with E-state index in [0.29, 0.717) is 67.6 Å². The van der Waals surface area contributed by atoms with Crippen LogP contribution < -0.4 is 0 Å². The molecule has 0 N–H and O–H groups in total. The minimum Gasteiger partial charge on any atom is -0.455 e. The molecule has 0 amide bonds. The van der Waals surface area contributed by atoms with Gasteiger partial charge in [0.1, 0.15) is 11.2 Å². The van der Waals surface area contributed by atoms with Gasteiger partial charge in [-0.15, -0.1) is 0 Å². The molecule has 5 aromatic rings. The number of nitrogens with zero attached hydrogens (tertiary/aromatic N) is 4. The van der Waals surface area contributed by atoms with E-state index in [1.165, 1.54) is 0 Å². The first-order valence-electron chi connectivity index (χ1n) is 18.9. The van der Waals surface area contributed by atoms with Crippen LogP contribution in [0.4, 0.5) is 17.3 Å². The molecule has 0 saturated heterocycles. The summed E-state index contributed by atoms with van der Waals surface area (Å²) in [5.74, 6) is 0. The lowest BCUT2D eigenvalue weighted by Gasteiger charge is -2.17. The SMILES string of the molecule is CCC1=C(C)/C(=C(/c2cccc3c2oc2c(/C(=C4\N=C(C)C(CC)=C4C)c4c(C)c(C)c(C)n4B(F)F)cccc23)c2c(C)c(C)c(C)n2B(F)F)N=C1C. The van der Waals surface area contributed by atoms with Gasteiger partial charge in [0.15, 0.2) is 0 Å². The summed E-state index contributed by atoms with van der Waals surface area (Å²) in [5.41, 5.74) is 15.2. The number of benzene rings is 2. The fourth-order valence-electron chi connectivity index (χ4n) is 9.00. The van der Waals surface area contributed by atoms with Crippen molar-refractivity contribution in [1.82, 2.24) is 8.96 Å². The average Bonchev–Trinajstić information content (AvgIpc) is 3.87. The molecule has 3 aromatic heterocycles. The fourth-order valence-corrected chi connectivity index (χ4v) is 9.00. The Bertz CT molecular complexity index is 2490. The van der Waals surface area contributed by atoms with E-state index in [1.807, 2.05) is 91.8 Å². The lowest BCUT2D eigenvalue weighted by Crippen LogP contribution is -2.18. The molecule has 282 valence electrons. The van der Waals surface area contributed by atoms with E-state index >= 15 is 17.3 Å². The number of hydrogen-bond donors (Lipinski definition) is 0. The van der Waals surface area contributed by atoms with Crippen LogP contribution >= 0.6 is 0 Å². The largest absolute Gasteiger partial charge is 0.677 e. The van der Waals surface area contributed by atoms with Gasteiger partial charge in [-0.25, -0.2) is 0 Å². The van der Waals surface area contributed by atoms with Crippen LogP contribution in [0.15, 0.2) is 84.5 Å². The van der Waals surface area contributed by atoms with Gasteiger partial charge in [0.25, 0.3) is 0 Å². The topological polar surface area (TPSA) is 47.7 Å². The van der Waals surface area contributed by atoms with E-state index in [2.05, 4.69) is 13.8 Å². The van der Waals surface area contributed by atoms with E-state index in [0.717, 1.165) is 88.5 Å². The minimum atomic E-state index is -2.80. The lowest BCUT2D eigenvalue weighted by molar-refractivity contribution is 0.622. The molecular formula is C44H46B2F4N4O. The second-order valence-electron chi connectivity index (χ2n) is 14.9. The maximum Gasteiger partial charge on any atom is 0.677 e. The molecular weight excluding hydrogens is 698 g/mol. The van der Waals surface area contributed by atoms with Crippen molar-refractivity contribution in [2.75, 3.05) is 0 Å². The monoisotopic (exact) mass is 744 g/mol. The summed E-state index contributed by atoms with van der Waals surface area (Å²) in [6, 6.07) is 11.6. The average molecular weight is 744 g/mol. The van der Waals surface area contributed by atoms with Gasteiger partial charge in [0, 0.05) is 67.2 Å². The molecule has 11 heteroatoms. The molecule has 0 fully saturated rings. The summed E-state index contributed by atoms with van der Waals surface area (Å²) in [6.45, 7) is 23.0. The zero-order chi connectivity index (χ0) is 39.9. The van der Waals surface area contributed by atoms with Crippen LogP contribution in [0.5, 0.6) is 0 Å². The van der Waals surface area contributed by atoms with Crippen molar-refractivity contribution >= 4 is 59.3 Å². The summed E-state index contributed by atoms with van der Waals surface area (Å²) in [7, 11) is -5.59. The highest BCUT2D eigenvalue weighted by molar-refractivity contribution is 6.42. The zero-order valence-corrected chi connectivity index (χ0v) is 33.7. The van der Waals surface area contributed by atoms with Crippen LogP contribution in [0.3, 0.4) is 0 Å². The highest BCUT2D eigenvalue weighted by Crippen LogP contribution is 2.47. The lowest BCUT2D eigenvalue weighted by atomic mass is 9.90. The Kier molecular flexibility index (Phi) is 9.67. The number of aromatic nitrogens is 2. The van der Waals surface area contributed by atoms with Crippen LogP contribution in [0, 0.1) is 41.5 Å². The molecule has 0 radical (unpaired) electrons. The summed E-state index contributed by atoms with van der Waals surface area (Å²) < 4.78 is 69.9. The van der Waals surface area contributed by atoms with Gasteiger partial charge in [-0.1, -0.05) is 50.2 Å². The second-order valence-corrected chi connectivity index (χ2v) is 14.9. The number of para-hydroxylation sites is 2. The third-order valence-electron chi connectivity index (χ3n) is 12.3. The van der Waals surface area contributed by atoms with Crippen molar-refractivity contribution in [2.45, 2.75) is 95.9 Å². The fraction of sp³-hybridized carbons (Fsp3) is 0.318.